The summed E-state index contributed by atoms with van der Waals surface area (Å²) in [6.07, 6.45) is -12.4. The monoisotopic (exact) mass is 1790 g/mol. The Morgan fingerprint density at radius 3 is 1.19 bits per heavy atom. The molecule has 52 nitrogen and oxygen atoms in total. The number of aliphatic hydroxyl groups is 4. The summed E-state index contributed by atoms with van der Waals surface area (Å²) < 4.78 is 124. The van der Waals surface area contributed by atoms with Crippen LogP contribution in [0.15, 0.2) is 48.6 Å². The summed E-state index contributed by atoms with van der Waals surface area (Å²) in [6.45, 7) is 3.41. The predicted octanol–water partition coefficient (Wildman–Crippen LogP) is -1.83. The molecule has 114 heavy (non-hydrogen) atoms. The average molecular weight is 1790 g/mol. The highest BCUT2D eigenvalue weighted by Gasteiger charge is 2.53. The van der Waals surface area contributed by atoms with E-state index in [4.69, 9.17) is 49.2 Å². The molecular weight excluding hydrogens is 1700 g/mol. The maximum Gasteiger partial charge on any atom is 0.481 e. The highest BCUT2D eigenvalue weighted by molar-refractivity contribution is 8.14. The van der Waals surface area contributed by atoms with Crippen LogP contribution in [0.2, 0.25) is 0 Å². The number of carboxylic acid groups (broad SMARTS) is 2. The second kappa shape index (κ2) is 42.3. The van der Waals surface area contributed by atoms with Gasteiger partial charge in [-0.2, -0.15) is 8.62 Å². The molecule has 22 N–H and O–H groups in total. The zero-order chi connectivity index (χ0) is 85.9. The fraction of sp³-hybridized carbons (Fsp3) is 0.593. The molecular formula is C54H84N14O38P6S2. The SMILES string of the molecule is CC(=CC(=O)SCCNC(=O)CCNC(=O)[C@H](O)C(C)(C)COP(=O)(O)OP(=O)(O)OC[C@H]1O[C@@H](n2cnc3c(N)ncnc32)[C@H](O)[C@@H]1OP(=O)(O)O)CC(=O)O.CC(=CC(=O)SCCNC(=O)CCNC(=O)[C@H](O)C(C)(C)COP(=O)(O)OP(=O)(O)OC[C@H]1O[C@@H](n2cnc3c(N)ncnc32)[C@H](O)[C@@H]1OP(=O)(O)O)CC(=O)O. The number of ether oxygens (including phenoxy) is 2. The van der Waals surface area contributed by atoms with Crippen LogP contribution < -0.4 is 32.7 Å². The molecule has 4 unspecified atom stereocenters. The molecule has 4 aromatic heterocycles. The maximum absolute atomic E-state index is 12.7. The lowest BCUT2D eigenvalue weighted by atomic mass is 9.87. The molecule has 4 amide bonds. The van der Waals surface area contributed by atoms with Gasteiger partial charge >= 0.3 is 58.9 Å². The quantitative estimate of drug-likeness (QED) is 0.0132. The summed E-state index contributed by atoms with van der Waals surface area (Å²) in [5.41, 5.74) is 9.12. The standard InChI is InChI=1S/2C27H42N7O19P3S/c2*1-14(8-17(36)37)9-18(38)57-7-6-29-16(35)4-5-30-25(41)22(40)27(2,3)11-50-56(47,48)53-55(45,46)49-10-15-21(52-54(42,43)44)20(39)26(51-15)34-13-33-19-23(28)31-12-32-24(19)34/h2*9,12-13,15,20-22,26,39-40H,4-8,10-11H2,1-3H3,(H,29,35)(H,30,41)(H,36,37)(H,45,46)(H,47,48)(H2,28,31,32)(H2,42,43,44)/t2*15-,20-,21-,22+,26-/m11/s1. The Morgan fingerprint density at radius 1 is 0.535 bits per heavy atom. The minimum absolute atomic E-state index is 0.0193. The first-order valence-electron chi connectivity index (χ1n) is 32.5. The summed E-state index contributed by atoms with van der Waals surface area (Å²) in [6, 6.07) is 0. The van der Waals surface area contributed by atoms with E-state index in [2.05, 4.69) is 68.8 Å². The molecule has 4 aromatic rings. The van der Waals surface area contributed by atoms with Gasteiger partial charge in [0, 0.05) is 61.4 Å². The Kier molecular flexibility index (Phi) is 36.4. The summed E-state index contributed by atoms with van der Waals surface area (Å²) in [5, 5.41) is 69.1. The first-order chi connectivity index (χ1) is 52.6. The van der Waals surface area contributed by atoms with Gasteiger partial charge < -0.3 is 112 Å². The average Bonchev–Trinajstić information content (AvgIpc) is 1.62. The van der Waals surface area contributed by atoms with E-state index in [-0.39, 0.29) is 108 Å². The lowest BCUT2D eigenvalue weighted by molar-refractivity contribution is -0.137. The van der Waals surface area contributed by atoms with E-state index in [9.17, 15) is 125 Å². The van der Waals surface area contributed by atoms with Gasteiger partial charge in [0.25, 0.3) is 0 Å². The fourth-order valence-corrected chi connectivity index (χ4v) is 16.7. The van der Waals surface area contributed by atoms with Gasteiger partial charge in [0.05, 0.1) is 51.9 Å². The molecule has 0 saturated carbocycles. The summed E-state index contributed by atoms with van der Waals surface area (Å²) in [7, 11) is -32.9. The molecule has 14 atom stereocenters. The Morgan fingerprint density at radius 2 is 0.868 bits per heavy atom. The number of carbonyl (C=O) groups excluding carboxylic acids is 6. The Labute approximate surface area is 652 Å². The zero-order valence-electron chi connectivity index (χ0n) is 60.4. The molecule has 2 fully saturated rings. The number of rotatable bonds is 44. The molecule has 2 aliphatic heterocycles. The van der Waals surface area contributed by atoms with Gasteiger partial charge in [0.1, 0.15) is 72.5 Å². The Hall–Kier alpha value is -6.46. The van der Waals surface area contributed by atoms with Crippen molar-refractivity contribution in [1.29, 1.82) is 0 Å². The van der Waals surface area contributed by atoms with Gasteiger partial charge in [0.2, 0.25) is 33.9 Å². The molecule has 60 heteroatoms. The van der Waals surface area contributed by atoms with Crippen LogP contribution in [-0.4, -0.2) is 268 Å². The molecule has 0 radical (unpaired) electrons. The number of nitrogens with two attached hydrogens (primary N) is 2. The number of aliphatic carboxylic acids is 2. The lowest BCUT2D eigenvalue weighted by Crippen LogP contribution is -2.46. The minimum atomic E-state index is -5.59. The van der Waals surface area contributed by atoms with Crippen LogP contribution in [-0.2, 0) is 111 Å². The summed E-state index contributed by atoms with van der Waals surface area (Å²) >= 11 is 1.71. The number of hydrogen-bond donors (Lipinski definition) is 20. The van der Waals surface area contributed by atoms with Crippen LogP contribution >= 0.6 is 70.5 Å². The number of phosphoric ester groups is 6. The third-order valence-corrected chi connectivity index (χ3v) is 22.9. The molecule has 0 bridgehead atoms. The molecule has 2 saturated heterocycles. The second-order valence-corrected chi connectivity index (χ2v) is 36.3. The van der Waals surface area contributed by atoms with E-state index >= 15 is 0 Å². The Bertz CT molecular complexity index is 4200. The number of anilines is 2. The number of nitrogen functional groups attached to an aromatic ring is 2. The lowest BCUT2D eigenvalue weighted by Gasteiger charge is -2.30. The molecule has 6 heterocycles. The van der Waals surface area contributed by atoms with Crippen molar-refractivity contribution in [3.8, 4) is 0 Å². The van der Waals surface area contributed by atoms with Crippen molar-refractivity contribution in [2.24, 2.45) is 10.8 Å². The van der Waals surface area contributed by atoms with E-state index in [1.54, 1.807) is 0 Å². The van der Waals surface area contributed by atoms with Crippen LogP contribution in [0.25, 0.3) is 22.3 Å². The third-order valence-electron chi connectivity index (χ3n) is 15.1. The normalized spacial score (nSPS) is 21.7. The number of nitrogens with one attached hydrogen (secondary N) is 4. The van der Waals surface area contributed by atoms with Gasteiger partial charge in [-0.1, -0.05) is 62.4 Å². The Balaban J connectivity index is 0.000000407. The molecule has 0 spiro atoms. The summed E-state index contributed by atoms with van der Waals surface area (Å²) in [5.74, 6) is -4.96. The number of aliphatic hydroxyl groups excluding tert-OH is 4. The number of nitrogens with zero attached hydrogens (tertiary/aromatic N) is 8. The number of fused-ring (bicyclic) bond motifs is 2. The van der Waals surface area contributed by atoms with Crippen molar-refractivity contribution in [3.63, 3.8) is 0 Å². The molecule has 0 aliphatic carbocycles. The van der Waals surface area contributed by atoms with Gasteiger partial charge in [0.15, 0.2) is 35.4 Å². The van der Waals surface area contributed by atoms with Crippen molar-refractivity contribution < 1.29 is 181 Å². The van der Waals surface area contributed by atoms with Gasteiger partial charge in [-0.15, -0.1) is 0 Å². The number of thioether (sulfide) groups is 2. The van der Waals surface area contributed by atoms with Gasteiger partial charge in [-0.3, -0.25) is 74.6 Å². The van der Waals surface area contributed by atoms with Crippen molar-refractivity contribution >= 4 is 150 Å². The maximum atomic E-state index is 12.7. The minimum Gasteiger partial charge on any atom is -0.481 e. The summed E-state index contributed by atoms with van der Waals surface area (Å²) in [4.78, 5) is 196. The fourth-order valence-electron chi connectivity index (χ4n) is 9.63. The number of phosphoric acid groups is 6. The van der Waals surface area contributed by atoms with Crippen molar-refractivity contribution in [1.82, 2.24) is 60.3 Å². The molecule has 2 aliphatic rings. The first-order valence-corrected chi connectivity index (χ1v) is 43.5. The van der Waals surface area contributed by atoms with Crippen LogP contribution in [0.4, 0.5) is 11.6 Å². The van der Waals surface area contributed by atoms with Crippen molar-refractivity contribution in [2.75, 3.05) is 75.6 Å². The molecule has 6 rings (SSSR count). The van der Waals surface area contributed by atoms with Gasteiger partial charge in [-0.05, 0) is 26.0 Å². The molecule has 0 aromatic carbocycles. The van der Waals surface area contributed by atoms with E-state index in [1.807, 2.05) is 0 Å². The zero-order valence-corrected chi connectivity index (χ0v) is 67.4. The predicted molar refractivity (Wildman–Crippen MR) is 386 cm³/mol. The van der Waals surface area contributed by atoms with E-state index in [1.165, 1.54) is 53.7 Å². The number of carbonyl (C=O) groups is 8. The third kappa shape index (κ3) is 32.1. The van der Waals surface area contributed by atoms with Crippen molar-refractivity contribution in [2.45, 2.75) is 129 Å². The van der Waals surface area contributed by atoms with E-state index in [0.29, 0.717) is 11.1 Å². The number of imidazole rings is 2. The second-order valence-electron chi connectivity index (χ2n) is 25.6. The van der Waals surface area contributed by atoms with Crippen LogP contribution in [0.5, 0.6) is 0 Å². The topological polar surface area (TPSA) is 802 Å². The van der Waals surface area contributed by atoms with Crippen LogP contribution in [0, 0.1) is 10.8 Å². The highest BCUT2D eigenvalue weighted by atomic mass is 32.2. The smallest absolute Gasteiger partial charge is 0.481 e. The number of amides is 4. The first kappa shape index (κ1) is 98.1. The van der Waals surface area contributed by atoms with E-state index < -0.39 is 181 Å². The van der Waals surface area contributed by atoms with Crippen LogP contribution in [0.3, 0.4) is 0 Å². The van der Waals surface area contributed by atoms with Gasteiger partial charge in [-0.25, -0.2) is 57.3 Å². The van der Waals surface area contributed by atoms with Crippen molar-refractivity contribution in [3.05, 3.63) is 48.6 Å². The largest absolute Gasteiger partial charge is 0.481 e. The highest BCUT2D eigenvalue weighted by Crippen LogP contribution is 2.63. The number of hydrogen-bond acceptors (Lipinski definition) is 38. The number of aromatic nitrogens is 8. The molecule has 640 valence electrons. The number of carboxylic acids is 2. The van der Waals surface area contributed by atoms with E-state index in [0.717, 1.165) is 58.0 Å². The van der Waals surface area contributed by atoms with Crippen LogP contribution in [0.1, 0.15) is 79.7 Å².